The van der Waals surface area contributed by atoms with Gasteiger partial charge in [-0.15, -0.1) is 0 Å². The molecule has 0 bridgehead atoms. The molecule has 0 unspecified atom stereocenters. The van der Waals surface area contributed by atoms with Crippen molar-refractivity contribution in [3.63, 3.8) is 0 Å². The lowest BCUT2D eigenvalue weighted by atomic mass is 10.2. The minimum atomic E-state index is -0.341. The fourth-order valence-corrected chi connectivity index (χ4v) is 1.93. The molecular formula is C13H10N4O2. The first-order valence-corrected chi connectivity index (χ1v) is 5.69. The molecule has 0 radical (unpaired) electrons. The van der Waals surface area contributed by atoms with Crippen LogP contribution < -0.4 is 16.5 Å². The van der Waals surface area contributed by atoms with Gasteiger partial charge < -0.3 is 0 Å². The van der Waals surface area contributed by atoms with E-state index in [4.69, 9.17) is 0 Å². The molecule has 0 spiro atoms. The summed E-state index contributed by atoms with van der Waals surface area (Å²) < 4.78 is 1.27. The number of pyridine rings is 1. The normalized spacial score (nSPS) is 12.2. The van der Waals surface area contributed by atoms with Crippen LogP contribution in [0.2, 0.25) is 0 Å². The van der Waals surface area contributed by atoms with Crippen molar-refractivity contribution in [2.45, 2.75) is 6.92 Å². The van der Waals surface area contributed by atoms with Crippen LogP contribution in [0, 0.1) is 6.92 Å². The van der Waals surface area contributed by atoms with Crippen LogP contribution in [0.4, 0.5) is 0 Å². The molecule has 0 saturated carbocycles. The van der Waals surface area contributed by atoms with Crippen molar-refractivity contribution in [1.29, 1.82) is 0 Å². The van der Waals surface area contributed by atoms with Crippen LogP contribution in [0.5, 0.6) is 0 Å². The largest absolute Gasteiger partial charge is 0.290 e. The predicted molar refractivity (Wildman–Crippen MR) is 69.8 cm³/mol. The Morgan fingerprint density at radius 2 is 2.00 bits per heavy atom. The number of rotatable bonds is 1. The van der Waals surface area contributed by atoms with Crippen molar-refractivity contribution in [3.05, 3.63) is 67.9 Å². The summed E-state index contributed by atoms with van der Waals surface area (Å²) in [5, 5.41) is 0.263. The molecule has 6 heteroatoms. The Morgan fingerprint density at radius 1 is 1.26 bits per heavy atom. The molecule has 3 rings (SSSR count). The molecular weight excluding hydrogens is 244 g/mol. The lowest BCUT2D eigenvalue weighted by Crippen LogP contribution is -2.32. The van der Waals surface area contributed by atoms with Gasteiger partial charge in [-0.3, -0.25) is 19.6 Å². The number of nitrogens with one attached hydrogen (secondary N) is 1. The molecule has 0 amide bonds. The summed E-state index contributed by atoms with van der Waals surface area (Å²) in [6.45, 7) is 1.71. The zero-order valence-electron chi connectivity index (χ0n) is 10.1. The Bertz CT molecular complexity index is 909. The molecule has 0 saturated heterocycles. The molecule has 0 aliphatic carbocycles. The smallest absolute Gasteiger partial charge is 0.275 e. The van der Waals surface area contributed by atoms with E-state index in [9.17, 15) is 9.59 Å². The highest BCUT2D eigenvalue weighted by atomic mass is 16.1. The number of hydrogen-bond donors (Lipinski definition) is 1. The van der Waals surface area contributed by atoms with Gasteiger partial charge in [0.2, 0.25) is 5.78 Å². The van der Waals surface area contributed by atoms with Crippen molar-refractivity contribution in [2.24, 2.45) is 0 Å². The number of fused-ring (bicyclic) bond motifs is 1. The second-order valence-corrected chi connectivity index (χ2v) is 4.16. The summed E-state index contributed by atoms with van der Waals surface area (Å²) in [7, 11) is 0. The number of imidazole rings is 1. The van der Waals surface area contributed by atoms with Crippen molar-refractivity contribution >= 4 is 11.9 Å². The second-order valence-electron chi connectivity index (χ2n) is 4.16. The van der Waals surface area contributed by atoms with E-state index in [1.807, 2.05) is 0 Å². The van der Waals surface area contributed by atoms with Gasteiger partial charge in [0.25, 0.3) is 11.1 Å². The maximum atomic E-state index is 12.0. The van der Waals surface area contributed by atoms with Crippen LogP contribution in [0.25, 0.3) is 11.9 Å². The second kappa shape index (κ2) is 4.16. The quantitative estimate of drug-likeness (QED) is 0.642. The van der Waals surface area contributed by atoms with Crippen LogP contribution in [0.3, 0.4) is 0 Å². The van der Waals surface area contributed by atoms with Crippen LogP contribution >= 0.6 is 0 Å². The van der Waals surface area contributed by atoms with Gasteiger partial charge >= 0.3 is 0 Å². The molecule has 1 N–H and O–H groups in total. The lowest BCUT2D eigenvalue weighted by molar-refractivity contribution is 0.999. The molecule has 3 aromatic rings. The van der Waals surface area contributed by atoms with Crippen molar-refractivity contribution < 1.29 is 0 Å². The minimum absolute atomic E-state index is 0.260. The van der Waals surface area contributed by atoms with Gasteiger partial charge in [0.15, 0.2) is 0 Å². The first-order chi connectivity index (χ1) is 9.15. The monoisotopic (exact) mass is 254 g/mol. The van der Waals surface area contributed by atoms with Gasteiger partial charge in [0, 0.05) is 24.2 Å². The summed E-state index contributed by atoms with van der Waals surface area (Å²) in [5.74, 6) is 0.260. The number of aromatic amines is 1. The molecule has 94 valence electrons. The molecule has 0 aliphatic heterocycles. The van der Waals surface area contributed by atoms with E-state index in [2.05, 4.69) is 15.0 Å². The highest BCUT2D eigenvalue weighted by molar-refractivity contribution is 5.48. The summed E-state index contributed by atoms with van der Waals surface area (Å²) in [6, 6.07) is 4.90. The predicted octanol–water partition coefficient (Wildman–Crippen LogP) is -0.366. The Kier molecular flexibility index (Phi) is 2.49. The summed E-state index contributed by atoms with van der Waals surface area (Å²) in [4.78, 5) is 34.5. The Labute approximate surface area is 107 Å². The first kappa shape index (κ1) is 11.3. The fraction of sp³-hybridized carbons (Fsp3) is 0.0769. The van der Waals surface area contributed by atoms with E-state index >= 15 is 0 Å². The molecule has 0 aliphatic rings. The average molecular weight is 254 g/mol. The number of hydrogen-bond acceptors (Lipinski definition) is 4. The Morgan fingerprint density at radius 3 is 2.74 bits per heavy atom. The molecule has 3 heterocycles. The minimum Gasteiger partial charge on any atom is -0.290 e. The molecule has 19 heavy (non-hydrogen) atoms. The van der Waals surface area contributed by atoms with Crippen LogP contribution in [-0.2, 0) is 0 Å². The van der Waals surface area contributed by atoms with Crippen LogP contribution in [-0.4, -0.2) is 19.4 Å². The first-order valence-electron chi connectivity index (χ1n) is 5.69. The van der Waals surface area contributed by atoms with Gasteiger partial charge in [-0.1, -0.05) is 0 Å². The molecule has 0 fully saturated rings. The summed E-state index contributed by atoms with van der Waals surface area (Å²) in [6.07, 6.45) is 4.87. The molecule has 0 aromatic carbocycles. The van der Waals surface area contributed by atoms with Gasteiger partial charge in [-0.05, 0) is 30.7 Å². The van der Waals surface area contributed by atoms with Gasteiger partial charge in [-0.25, -0.2) is 9.38 Å². The van der Waals surface area contributed by atoms with E-state index in [1.165, 1.54) is 10.5 Å². The Balaban J connectivity index is 2.43. The third-order valence-electron chi connectivity index (χ3n) is 2.76. The SMILES string of the molecule is Cc1cc(=O)n2/c(=C\c3ccncc3)c(=O)[nH]c2n1. The van der Waals surface area contributed by atoms with Crippen LogP contribution in [0.15, 0.2) is 40.2 Å². The summed E-state index contributed by atoms with van der Waals surface area (Å²) >= 11 is 0. The van der Waals surface area contributed by atoms with Gasteiger partial charge in [-0.2, -0.15) is 0 Å². The van der Waals surface area contributed by atoms with E-state index in [0.717, 1.165) is 5.56 Å². The standard InChI is InChI=1S/C13H10N4O2/c1-8-6-11(18)17-10(12(19)16-13(17)15-8)7-9-2-4-14-5-3-9/h2-7H,1H3,(H,15,16,19)/b10-7-. The average Bonchev–Trinajstić information content (AvgIpc) is 2.67. The number of nitrogens with zero attached hydrogens (tertiary/aromatic N) is 3. The van der Waals surface area contributed by atoms with E-state index in [-0.39, 0.29) is 22.2 Å². The molecule has 0 atom stereocenters. The maximum absolute atomic E-state index is 12.0. The maximum Gasteiger partial charge on any atom is 0.275 e. The fourth-order valence-electron chi connectivity index (χ4n) is 1.93. The highest BCUT2D eigenvalue weighted by Gasteiger charge is 2.06. The zero-order chi connectivity index (χ0) is 13.4. The van der Waals surface area contributed by atoms with Crippen molar-refractivity contribution in [2.75, 3.05) is 0 Å². The van der Waals surface area contributed by atoms with Gasteiger partial charge in [0.05, 0.1) is 0 Å². The van der Waals surface area contributed by atoms with E-state index < -0.39 is 0 Å². The molecule has 6 nitrogen and oxygen atoms in total. The Hall–Kier alpha value is -2.76. The van der Waals surface area contributed by atoms with Crippen molar-refractivity contribution in [3.8, 4) is 0 Å². The lowest BCUT2D eigenvalue weighted by Gasteiger charge is -1.94. The van der Waals surface area contributed by atoms with Gasteiger partial charge in [0.1, 0.15) is 5.35 Å². The summed E-state index contributed by atoms with van der Waals surface area (Å²) in [5.41, 5.74) is 0.746. The third-order valence-corrected chi connectivity index (χ3v) is 2.76. The topological polar surface area (TPSA) is 80.1 Å². The third kappa shape index (κ3) is 1.93. The number of H-pyrrole nitrogens is 1. The van der Waals surface area contributed by atoms with Crippen molar-refractivity contribution in [1.82, 2.24) is 19.4 Å². The zero-order valence-corrected chi connectivity index (χ0v) is 10.1. The number of aryl methyl sites for hydroxylation is 1. The van der Waals surface area contributed by atoms with E-state index in [1.54, 1.807) is 37.5 Å². The van der Waals surface area contributed by atoms with E-state index in [0.29, 0.717) is 5.69 Å². The molecule has 3 aromatic heterocycles. The highest BCUT2D eigenvalue weighted by Crippen LogP contribution is 1.96. The van der Waals surface area contributed by atoms with Crippen LogP contribution in [0.1, 0.15) is 11.3 Å². The number of aromatic nitrogens is 4.